The van der Waals surface area contributed by atoms with E-state index in [0.29, 0.717) is 16.5 Å². The molecule has 0 aromatic heterocycles. The van der Waals surface area contributed by atoms with E-state index in [1.165, 1.54) is 12.1 Å². The summed E-state index contributed by atoms with van der Waals surface area (Å²) in [7, 11) is -4.90. The van der Waals surface area contributed by atoms with Gasteiger partial charge in [-0.05, 0) is 50.2 Å². The van der Waals surface area contributed by atoms with Gasteiger partial charge in [0, 0.05) is 11.3 Å². The number of guanidine groups is 2. The molecule has 13 heteroatoms. The van der Waals surface area contributed by atoms with Crippen molar-refractivity contribution >= 4 is 45.3 Å². The van der Waals surface area contributed by atoms with Gasteiger partial charge in [-0.25, -0.2) is 4.99 Å². The number of nitrogens with two attached hydrogens (primary N) is 2. The highest BCUT2D eigenvalue weighted by atomic mass is 35.5. The number of benzene rings is 2. The Morgan fingerprint density at radius 2 is 1.97 bits per heavy atom. The second kappa shape index (κ2) is 9.24. The Labute approximate surface area is 195 Å². The second-order valence-corrected chi connectivity index (χ2v) is 9.21. The molecular formula is C20H22ClFN6O4S. The number of aliphatic imine (C=N–C) groups is 2. The fraction of sp³-hybridized carbons (Fsp3) is 0.250. The molecule has 2 aromatic carbocycles. The van der Waals surface area contributed by atoms with Gasteiger partial charge in [-0.3, -0.25) is 9.69 Å². The van der Waals surface area contributed by atoms with Crippen LogP contribution in [-0.4, -0.2) is 45.1 Å². The third kappa shape index (κ3) is 5.71. The summed E-state index contributed by atoms with van der Waals surface area (Å²) >= 11 is 6.34. The van der Waals surface area contributed by atoms with Gasteiger partial charge in [-0.2, -0.15) is 13.4 Å². The standard InChI is InChI=1S/C20H22ClFN6O4S/c1-20(2)27-18(23)26-19(24)28(20)13-6-7-16(15(21)11-13)32-9-8-25-17(29)12-4-3-5-14(10-12)33(22,30)31/h3-7,10-11H,8-9H2,1-2H3,(H,25,29)(H4,23,24,26,27). The van der Waals surface area contributed by atoms with Gasteiger partial charge in [-0.15, -0.1) is 3.89 Å². The molecule has 1 amide bonds. The highest BCUT2D eigenvalue weighted by molar-refractivity contribution is 7.86. The normalized spacial score (nSPS) is 15.5. The van der Waals surface area contributed by atoms with Gasteiger partial charge in [-0.1, -0.05) is 17.7 Å². The lowest BCUT2D eigenvalue weighted by Crippen LogP contribution is -2.54. The van der Waals surface area contributed by atoms with Crippen LogP contribution in [-0.2, 0) is 10.2 Å². The van der Waals surface area contributed by atoms with Crippen LogP contribution in [0.3, 0.4) is 0 Å². The maximum Gasteiger partial charge on any atom is 0.332 e. The fourth-order valence-electron chi connectivity index (χ4n) is 3.21. The number of carbonyl (C=O) groups excluding carboxylic acids is 1. The summed E-state index contributed by atoms with van der Waals surface area (Å²) in [4.78, 5) is 21.5. The summed E-state index contributed by atoms with van der Waals surface area (Å²) in [6.07, 6.45) is 0. The smallest absolute Gasteiger partial charge is 0.332 e. The van der Waals surface area contributed by atoms with E-state index in [-0.39, 0.29) is 30.6 Å². The molecule has 0 radical (unpaired) electrons. The number of rotatable bonds is 7. The lowest BCUT2D eigenvalue weighted by Gasteiger charge is -2.38. The quantitative estimate of drug-likeness (QED) is 0.391. The van der Waals surface area contributed by atoms with Crippen LogP contribution in [0.15, 0.2) is 57.3 Å². The van der Waals surface area contributed by atoms with Crippen molar-refractivity contribution < 1.29 is 21.8 Å². The van der Waals surface area contributed by atoms with Crippen LogP contribution >= 0.6 is 11.6 Å². The van der Waals surface area contributed by atoms with Crippen molar-refractivity contribution in [2.24, 2.45) is 21.5 Å². The maximum atomic E-state index is 13.1. The average Bonchev–Trinajstić information content (AvgIpc) is 2.70. The SMILES string of the molecule is CC1(C)N=C(N)N=C(N)N1c1ccc(OCCNC(=O)c2cccc(S(=O)(=O)F)c2)c(Cl)c1. The monoisotopic (exact) mass is 496 g/mol. The molecule has 3 rings (SSSR count). The Hall–Kier alpha value is -3.38. The van der Waals surface area contributed by atoms with Gasteiger partial charge in [0.1, 0.15) is 18.0 Å². The molecule has 176 valence electrons. The Balaban J connectivity index is 1.60. The zero-order valence-corrected chi connectivity index (χ0v) is 19.3. The third-order valence-corrected chi connectivity index (χ3v) is 5.70. The Morgan fingerprint density at radius 1 is 1.24 bits per heavy atom. The first-order valence-electron chi connectivity index (χ1n) is 9.63. The number of halogens is 2. The van der Waals surface area contributed by atoms with Crippen LogP contribution < -0.4 is 26.4 Å². The summed E-state index contributed by atoms with van der Waals surface area (Å²) in [6, 6.07) is 9.67. The highest BCUT2D eigenvalue weighted by Crippen LogP contribution is 2.33. The number of hydrogen-bond donors (Lipinski definition) is 3. The van der Waals surface area contributed by atoms with Gasteiger partial charge in [0.15, 0.2) is 0 Å². The predicted octanol–water partition coefficient (Wildman–Crippen LogP) is 1.99. The molecule has 2 aromatic rings. The highest BCUT2D eigenvalue weighted by Gasteiger charge is 2.33. The molecule has 0 aliphatic carbocycles. The van der Waals surface area contributed by atoms with Crippen LogP contribution in [0.25, 0.3) is 0 Å². The molecule has 33 heavy (non-hydrogen) atoms. The average molecular weight is 497 g/mol. The molecule has 1 aliphatic heterocycles. The van der Waals surface area contributed by atoms with Crippen molar-refractivity contribution in [2.45, 2.75) is 24.4 Å². The van der Waals surface area contributed by atoms with Crippen LogP contribution in [0.1, 0.15) is 24.2 Å². The molecule has 0 unspecified atom stereocenters. The maximum absolute atomic E-state index is 13.1. The molecule has 5 N–H and O–H groups in total. The molecule has 0 saturated carbocycles. The van der Waals surface area contributed by atoms with Crippen LogP contribution in [0, 0.1) is 0 Å². The lowest BCUT2D eigenvalue weighted by molar-refractivity contribution is 0.0947. The van der Waals surface area contributed by atoms with Crippen molar-refractivity contribution in [3.8, 4) is 5.75 Å². The molecule has 0 fully saturated rings. The topological polar surface area (TPSA) is 152 Å². The number of nitrogens with zero attached hydrogens (tertiary/aromatic N) is 3. The fourth-order valence-corrected chi connectivity index (χ4v) is 3.95. The van der Waals surface area contributed by atoms with E-state index < -0.39 is 26.7 Å². The number of nitrogens with one attached hydrogen (secondary N) is 1. The van der Waals surface area contributed by atoms with E-state index in [4.69, 9.17) is 27.8 Å². The minimum absolute atomic E-state index is 0.00260. The summed E-state index contributed by atoms with van der Waals surface area (Å²) < 4.78 is 40.7. The predicted molar refractivity (Wildman–Crippen MR) is 124 cm³/mol. The zero-order valence-electron chi connectivity index (χ0n) is 17.7. The first-order chi connectivity index (χ1) is 15.4. The van der Waals surface area contributed by atoms with Gasteiger partial charge in [0.2, 0.25) is 11.9 Å². The first-order valence-corrected chi connectivity index (χ1v) is 11.4. The summed E-state index contributed by atoms with van der Waals surface area (Å²) in [5.41, 5.74) is 11.6. The molecule has 1 heterocycles. The van der Waals surface area contributed by atoms with Crippen LogP contribution in [0.2, 0.25) is 5.02 Å². The summed E-state index contributed by atoms with van der Waals surface area (Å²) in [6.45, 7) is 3.81. The summed E-state index contributed by atoms with van der Waals surface area (Å²) in [5.74, 6) is 0.0467. The van der Waals surface area contributed by atoms with Gasteiger partial charge >= 0.3 is 10.2 Å². The van der Waals surface area contributed by atoms with Crippen molar-refractivity contribution in [1.29, 1.82) is 0 Å². The largest absolute Gasteiger partial charge is 0.490 e. The van der Waals surface area contributed by atoms with E-state index >= 15 is 0 Å². The van der Waals surface area contributed by atoms with E-state index in [1.807, 2.05) is 13.8 Å². The molecule has 0 atom stereocenters. The van der Waals surface area contributed by atoms with Gasteiger partial charge in [0.25, 0.3) is 5.91 Å². The third-order valence-electron chi connectivity index (χ3n) is 4.59. The van der Waals surface area contributed by atoms with E-state index in [9.17, 15) is 17.1 Å². The minimum atomic E-state index is -4.90. The Morgan fingerprint density at radius 3 is 2.61 bits per heavy atom. The zero-order chi connectivity index (χ0) is 24.4. The molecule has 1 aliphatic rings. The molecule has 10 nitrogen and oxygen atoms in total. The number of carbonyl (C=O) groups is 1. The van der Waals surface area contributed by atoms with E-state index in [2.05, 4.69) is 15.3 Å². The number of amides is 1. The lowest BCUT2D eigenvalue weighted by atomic mass is 10.1. The number of ether oxygens (including phenoxy) is 1. The molecular weight excluding hydrogens is 475 g/mol. The first kappa shape index (κ1) is 24.3. The Kier molecular flexibility index (Phi) is 6.79. The minimum Gasteiger partial charge on any atom is -0.490 e. The van der Waals surface area contributed by atoms with E-state index in [0.717, 1.165) is 12.1 Å². The molecule has 0 bridgehead atoms. The van der Waals surface area contributed by atoms with Gasteiger partial charge < -0.3 is 21.5 Å². The van der Waals surface area contributed by atoms with Crippen molar-refractivity contribution in [2.75, 3.05) is 18.1 Å². The van der Waals surface area contributed by atoms with Gasteiger partial charge in [0.05, 0.1) is 16.5 Å². The second-order valence-electron chi connectivity index (χ2n) is 7.45. The summed E-state index contributed by atoms with van der Waals surface area (Å²) in [5, 5.41) is 2.86. The van der Waals surface area contributed by atoms with Crippen LogP contribution in [0.5, 0.6) is 5.75 Å². The van der Waals surface area contributed by atoms with Crippen molar-refractivity contribution in [3.05, 3.63) is 53.1 Å². The van der Waals surface area contributed by atoms with Crippen molar-refractivity contribution in [3.63, 3.8) is 0 Å². The Bertz CT molecular complexity index is 1250. The van der Waals surface area contributed by atoms with Crippen LogP contribution in [0.4, 0.5) is 9.57 Å². The van der Waals surface area contributed by atoms with E-state index in [1.54, 1.807) is 23.1 Å². The molecule has 0 spiro atoms. The number of anilines is 1. The molecule has 0 saturated heterocycles. The van der Waals surface area contributed by atoms with Crippen molar-refractivity contribution in [1.82, 2.24) is 5.32 Å². The number of hydrogen-bond acceptors (Lipinski definition) is 9.